The van der Waals surface area contributed by atoms with Crippen molar-refractivity contribution in [3.63, 3.8) is 0 Å². The number of nitrogens with zero attached hydrogens (tertiary/aromatic N) is 2. The molecule has 2 N–H and O–H groups in total. The summed E-state index contributed by atoms with van der Waals surface area (Å²) >= 11 is 0. The third kappa shape index (κ3) is 5.99. The van der Waals surface area contributed by atoms with E-state index in [0.29, 0.717) is 13.1 Å². The largest absolute Gasteiger partial charge is 0.480 e. The minimum absolute atomic E-state index is 0.0154. The van der Waals surface area contributed by atoms with Crippen molar-refractivity contribution in [3.05, 3.63) is 0 Å². The second kappa shape index (κ2) is 8.46. The average Bonchev–Trinajstić information content (AvgIpc) is 2.67. The fraction of sp³-hybridized carbons (Fsp3) is 0.769. The Bertz CT molecular complexity index is 388. The summed E-state index contributed by atoms with van der Waals surface area (Å²) in [5, 5.41) is 11.6. The normalized spacial score (nSPS) is 17.7. The number of likely N-dealkylation sites (N-methyl/N-ethyl adjacent to an activating group) is 1. The third-order valence-electron chi connectivity index (χ3n) is 3.47. The molecule has 0 spiro atoms. The van der Waals surface area contributed by atoms with Gasteiger partial charge in [0.05, 0.1) is 7.11 Å². The Balaban J connectivity index is 2.51. The molecule has 2 amide bonds. The summed E-state index contributed by atoms with van der Waals surface area (Å²) < 4.78 is 4.47. The van der Waals surface area contributed by atoms with Gasteiger partial charge in [-0.3, -0.25) is 4.79 Å². The summed E-state index contributed by atoms with van der Waals surface area (Å²) in [4.78, 5) is 38.0. The number of ether oxygens (including phenoxy) is 1. The highest BCUT2D eigenvalue weighted by Crippen LogP contribution is 2.04. The van der Waals surface area contributed by atoms with E-state index in [-0.39, 0.29) is 12.8 Å². The molecule has 0 radical (unpaired) electrons. The van der Waals surface area contributed by atoms with Crippen LogP contribution in [0.4, 0.5) is 4.79 Å². The van der Waals surface area contributed by atoms with Gasteiger partial charge in [-0.25, -0.2) is 9.59 Å². The molecule has 21 heavy (non-hydrogen) atoms. The molecule has 0 bridgehead atoms. The highest BCUT2D eigenvalue weighted by molar-refractivity contribution is 5.83. The second-order valence-electron chi connectivity index (χ2n) is 5.10. The van der Waals surface area contributed by atoms with Gasteiger partial charge in [-0.1, -0.05) is 0 Å². The number of esters is 1. The van der Waals surface area contributed by atoms with E-state index in [4.69, 9.17) is 5.11 Å². The highest BCUT2D eigenvalue weighted by atomic mass is 16.5. The van der Waals surface area contributed by atoms with E-state index in [1.54, 1.807) is 4.90 Å². The van der Waals surface area contributed by atoms with Gasteiger partial charge in [0.2, 0.25) is 0 Å². The van der Waals surface area contributed by atoms with Crippen LogP contribution < -0.4 is 5.32 Å². The van der Waals surface area contributed by atoms with E-state index in [0.717, 1.165) is 19.5 Å². The average molecular weight is 301 g/mol. The molecule has 0 aliphatic carbocycles. The van der Waals surface area contributed by atoms with Crippen molar-refractivity contribution in [1.82, 2.24) is 15.1 Å². The fourth-order valence-electron chi connectivity index (χ4n) is 2.11. The van der Waals surface area contributed by atoms with E-state index < -0.39 is 24.0 Å². The van der Waals surface area contributed by atoms with Crippen molar-refractivity contribution in [2.45, 2.75) is 25.3 Å². The standard InChI is InChI=1S/C13H23N3O5/c1-15-6-3-7-16(9-8-15)13(20)14-10(12(18)19)4-5-11(17)21-2/h10H,3-9H2,1-2H3,(H,14,20)(H,18,19)/t10-/m1/s1. The Labute approximate surface area is 124 Å². The smallest absolute Gasteiger partial charge is 0.326 e. The Kier molecular flexibility index (Phi) is 6.93. The molecule has 0 aromatic rings. The molecule has 0 aromatic carbocycles. The first-order chi connectivity index (χ1) is 9.93. The number of hydrogen-bond donors (Lipinski definition) is 2. The molecule has 1 atom stereocenters. The zero-order valence-electron chi connectivity index (χ0n) is 12.5. The first-order valence-electron chi connectivity index (χ1n) is 6.97. The number of carboxylic acid groups (broad SMARTS) is 1. The number of nitrogens with one attached hydrogen (secondary N) is 1. The van der Waals surface area contributed by atoms with E-state index in [1.807, 2.05) is 7.05 Å². The van der Waals surface area contributed by atoms with Crippen molar-refractivity contribution in [3.8, 4) is 0 Å². The van der Waals surface area contributed by atoms with Crippen LogP contribution in [-0.4, -0.2) is 79.3 Å². The highest BCUT2D eigenvalue weighted by Gasteiger charge is 2.25. The summed E-state index contributed by atoms with van der Waals surface area (Å²) in [6.45, 7) is 2.83. The summed E-state index contributed by atoms with van der Waals surface area (Å²) in [5.41, 5.74) is 0. The van der Waals surface area contributed by atoms with Gasteiger partial charge in [0.15, 0.2) is 0 Å². The van der Waals surface area contributed by atoms with Crippen LogP contribution in [0.5, 0.6) is 0 Å². The molecule has 1 aliphatic rings. The molecule has 1 rings (SSSR count). The van der Waals surface area contributed by atoms with Gasteiger partial charge in [0, 0.05) is 26.1 Å². The molecular formula is C13H23N3O5. The molecule has 8 nitrogen and oxygen atoms in total. The van der Waals surface area contributed by atoms with Crippen molar-refractivity contribution in [1.29, 1.82) is 0 Å². The van der Waals surface area contributed by atoms with E-state index in [9.17, 15) is 14.4 Å². The monoisotopic (exact) mass is 301 g/mol. The fourth-order valence-corrected chi connectivity index (χ4v) is 2.11. The number of carbonyl (C=O) groups excluding carboxylic acids is 2. The lowest BCUT2D eigenvalue weighted by Crippen LogP contribution is -2.49. The number of urea groups is 1. The topological polar surface area (TPSA) is 99.2 Å². The lowest BCUT2D eigenvalue weighted by Gasteiger charge is -2.23. The summed E-state index contributed by atoms with van der Waals surface area (Å²) in [7, 11) is 3.22. The first kappa shape index (κ1) is 17.2. The second-order valence-corrected chi connectivity index (χ2v) is 5.10. The Morgan fingerprint density at radius 1 is 1.24 bits per heavy atom. The van der Waals surface area contributed by atoms with Crippen LogP contribution in [0, 0.1) is 0 Å². The van der Waals surface area contributed by atoms with Gasteiger partial charge in [-0.05, 0) is 26.4 Å². The number of methoxy groups -OCH3 is 1. The summed E-state index contributed by atoms with van der Waals surface area (Å²) in [6.07, 6.45) is 0.821. The van der Waals surface area contributed by atoms with Gasteiger partial charge in [0.1, 0.15) is 6.04 Å². The van der Waals surface area contributed by atoms with Crippen LogP contribution in [-0.2, 0) is 14.3 Å². The van der Waals surface area contributed by atoms with Gasteiger partial charge in [-0.2, -0.15) is 0 Å². The zero-order chi connectivity index (χ0) is 15.8. The predicted molar refractivity (Wildman–Crippen MR) is 74.9 cm³/mol. The zero-order valence-corrected chi connectivity index (χ0v) is 12.5. The summed E-state index contributed by atoms with van der Waals surface area (Å²) in [6, 6.07) is -1.49. The Morgan fingerprint density at radius 2 is 1.95 bits per heavy atom. The number of rotatable bonds is 5. The van der Waals surface area contributed by atoms with Gasteiger partial charge in [0.25, 0.3) is 0 Å². The van der Waals surface area contributed by atoms with Crippen LogP contribution in [0.15, 0.2) is 0 Å². The van der Waals surface area contributed by atoms with E-state index >= 15 is 0 Å². The van der Waals surface area contributed by atoms with Gasteiger partial charge in [-0.15, -0.1) is 0 Å². The quantitative estimate of drug-likeness (QED) is 0.679. The maximum Gasteiger partial charge on any atom is 0.326 e. The van der Waals surface area contributed by atoms with Crippen LogP contribution in [0.1, 0.15) is 19.3 Å². The van der Waals surface area contributed by atoms with Crippen LogP contribution in [0.3, 0.4) is 0 Å². The van der Waals surface area contributed by atoms with Crippen molar-refractivity contribution < 1.29 is 24.2 Å². The maximum absolute atomic E-state index is 12.1. The van der Waals surface area contributed by atoms with E-state index in [1.165, 1.54) is 7.11 Å². The lowest BCUT2D eigenvalue weighted by molar-refractivity contribution is -0.142. The molecule has 1 fully saturated rings. The molecule has 0 aromatic heterocycles. The molecule has 1 heterocycles. The lowest BCUT2D eigenvalue weighted by atomic mass is 10.1. The van der Waals surface area contributed by atoms with Crippen LogP contribution in [0.25, 0.3) is 0 Å². The van der Waals surface area contributed by atoms with Crippen molar-refractivity contribution in [2.24, 2.45) is 0 Å². The number of aliphatic carboxylic acids is 1. The summed E-state index contributed by atoms with van der Waals surface area (Å²) in [5.74, 6) is -1.65. The van der Waals surface area contributed by atoms with Crippen LogP contribution >= 0.6 is 0 Å². The van der Waals surface area contributed by atoms with Gasteiger partial charge < -0.3 is 25.0 Å². The predicted octanol–water partition coefficient (Wildman–Crippen LogP) is -0.260. The maximum atomic E-state index is 12.1. The molecule has 1 saturated heterocycles. The van der Waals surface area contributed by atoms with Crippen molar-refractivity contribution in [2.75, 3.05) is 40.3 Å². The molecule has 0 saturated carbocycles. The van der Waals surface area contributed by atoms with Gasteiger partial charge >= 0.3 is 18.0 Å². The first-order valence-corrected chi connectivity index (χ1v) is 6.97. The Morgan fingerprint density at radius 3 is 2.57 bits per heavy atom. The minimum Gasteiger partial charge on any atom is -0.480 e. The Hall–Kier alpha value is -1.83. The molecule has 1 aliphatic heterocycles. The molecule has 8 heteroatoms. The third-order valence-corrected chi connectivity index (χ3v) is 3.47. The minimum atomic E-state index is -1.15. The number of carboxylic acids is 1. The number of hydrogen-bond acceptors (Lipinski definition) is 5. The van der Waals surface area contributed by atoms with Crippen molar-refractivity contribution >= 4 is 18.0 Å². The van der Waals surface area contributed by atoms with Crippen LogP contribution in [0.2, 0.25) is 0 Å². The number of carbonyl (C=O) groups is 3. The van der Waals surface area contributed by atoms with E-state index in [2.05, 4.69) is 15.0 Å². The number of amides is 2. The SMILES string of the molecule is COC(=O)CC[C@@H](NC(=O)N1CCCN(C)CC1)C(=O)O. The molecule has 120 valence electrons. The molecular weight excluding hydrogens is 278 g/mol. The molecule has 0 unspecified atom stereocenters.